The highest BCUT2D eigenvalue weighted by atomic mass is 16.7. The SMILES string of the molecule is O=C(/C=C/c1ccc2c(c1)OCO2)N1CCN(Cc2cccc3ccccc23)CC1. The second-order valence-electron chi connectivity index (χ2n) is 7.69. The normalized spacial score (nSPS) is 16.5. The molecule has 5 nitrogen and oxygen atoms in total. The molecule has 0 saturated carbocycles. The van der Waals surface area contributed by atoms with E-state index in [1.54, 1.807) is 6.08 Å². The third kappa shape index (κ3) is 3.89. The fraction of sp³-hybridized carbons (Fsp3) is 0.240. The van der Waals surface area contributed by atoms with Crippen molar-refractivity contribution in [2.75, 3.05) is 33.0 Å². The summed E-state index contributed by atoms with van der Waals surface area (Å²) in [6.45, 7) is 4.42. The maximum absolute atomic E-state index is 12.6. The van der Waals surface area contributed by atoms with Crippen LogP contribution < -0.4 is 9.47 Å². The molecule has 2 aliphatic rings. The maximum atomic E-state index is 12.6. The van der Waals surface area contributed by atoms with Crippen molar-refractivity contribution in [3.63, 3.8) is 0 Å². The first-order chi connectivity index (χ1) is 14.8. The number of nitrogens with zero attached hydrogens (tertiary/aromatic N) is 2. The summed E-state index contributed by atoms with van der Waals surface area (Å²) in [4.78, 5) is 17.0. The highest BCUT2D eigenvalue weighted by molar-refractivity contribution is 5.92. The van der Waals surface area contributed by atoms with Crippen molar-refractivity contribution in [1.29, 1.82) is 0 Å². The van der Waals surface area contributed by atoms with Gasteiger partial charge in [-0.2, -0.15) is 0 Å². The largest absolute Gasteiger partial charge is 0.454 e. The zero-order valence-corrected chi connectivity index (χ0v) is 16.8. The van der Waals surface area contributed by atoms with Gasteiger partial charge in [-0.3, -0.25) is 9.69 Å². The first kappa shape index (κ1) is 18.7. The number of rotatable bonds is 4. The molecule has 3 aromatic rings. The average molecular weight is 400 g/mol. The molecule has 0 N–H and O–H groups in total. The molecule has 0 aliphatic carbocycles. The molecular formula is C25H24N2O3. The van der Waals surface area contributed by atoms with Gasteiger partial charge < -0.3 is 14.4 Å². The van der Waals surface area contributed by atoms with E-state index >= 15 is 0 Å². The van der Waals surface area contributed by atoms with Gasteiger partial charge in [-0.15, -0.1) is 0 Å². The molecule has 2 heterocycles. The van der Waals surface area contributed by atoms with Gasteiger partial charge in [0.05, 0.1) is 0 Å². The van der Waals surface area contributed by atoms with Gasteiger partial charge >= 0.3 is 0 Å². The molecule has 30 heavy (non-hydrogen) atoms. The monoisotopic (exact) mass is 400 g/mol. The number of hydrogen-bond acceptors (Lipinski definition) is 4. The Morgan fingerprint density at radius 1 is 0.900 bits per heavy atom. The van der Waals surface area contributed by atoms with Crippen LogP contribution in [-0.2, 0) is 11.3 Å². The molecule has 0 radical (unpaired) electrons. The topological polar surface area (TPSA) is 42.0 Å². The summed E-state index contributed by atoms with van der Waals surface area (Å²) in [6, 6.07) is 20.7. The Balaban J connectivity index is 1.18. The summed E-state index contributed by atoms with van der Waals surface area (Å²) in [6.07, 6.45) is 3.49. The van der Waals surface area contributed by atoms with Gasteiger partial charge in [0, 0.05) is 38.8 Å². The van der Waals surface area contributed by atoms with Crippen LogP contribution in [0.25, 0.3) is 16.8 Å². The van der Waals surface area contributed by atoms with Crippen LogP contribution in [0, 0.1) is 0 Å². The van der Waals surface area contributed by atoms with Gasteiger partial charge in [0.1, 0.15) is 0 Å². The Morgan fingerprint density at radius 2 is 1.70 bits per heavy atom. The first-order valence-electron chi connectivity index (χ1n) is 10.3. The highest BCUT2D eigenvalue weighted by Gasteiger charge is 2.20. The number of benzene rings is 3. The Labute approximate surface area is 176 Å². The fourth-order valence-electron chi connectivity index (χ4n) is 4.09. The van der Waals surface area contributed by atoms with Crippen LogP contribution in [0.1, 0.15) is 11.1 Å². The number of hydrogen-bond donors (Lipinski definition) is 0. The van der Waals surface area contributed by atoms with E-state index in [1.807, 2.05) is 29.2 Å². The molecule has 0 bridgehead atoms. The lowest BCUT2D eigenvalue weighted by molar-refractivity contribution is -0.127. The standard InChI is InChI=1S/C25H24N2O3/c28-25(11-9-19-8-10-23-24(16-19)30-18-29-23)27-14-12-26(13-15-27)17-21-6-3-5-20-4-1-2-7-22(20)21/h1-11,16H,12-15,17-18H2/b11-9+. The molecule has 3 aromatic carbocycles. The van der Waals surface area contributed by atoms with Crippen molar-refractivity contribution in [2.45, 2.75) is 6.54 Å². The number of fused-ring (bicyclic) bond motifs is 2. The molecule has 1 saturated heterocycles. The zero-order valence-electron chi connectivity index (χ0n) is 16.8. The van der Waals surface area contributed by atoms with Crippen LogP contribution in [0.5, 0.6) is 11.5 Å². The molecule has 5 rings (SSSR count). The van der Waals surface area contributed by atoms with Crippen molar-refractivity contribution in [1.82, 2.24) is 9.80 Å². The lowest BCUT2D eigenvalue weighted by atomic mass is 10.0. The Morgan fingerprint density at radius 3 is 2.60 bits per heavy atom. The molecule has 1 amide bonds. The van der Waals surface area contributed by atoms with Crippen molar-refractivity contribution in [3.05, 3.63) is 77.9 Å². The first-order valence-corrected chi connectivity index (χ1v) is 10.3. The van der Waals surface area contributed by atoms with Crippen LogP contribution in [0.3, 0.4) is 0 Å². The molecule has 5 heteroatoms. The molecule has 0 atom stereocenters. The van der Waals surface area contributed by atoms with Crippen molar-refractivity contribution < 1.29 is 14.3 Å². The molecule has 0 spiro atoms. The minimum Gasteiger partial charge on any atom is -0.454 e. The summed E-state index contributed by atoms with van der Waals surface area (Å²) in [5.74, 6) is 1.53. The smallest absolute Gasteiger partial charge is 0.246 e. The van der Waals surface area contributed by atoms with Crippen molar-refractivity contribution in [2.24, 2.45) is 0 Å². The van der Waals surface area contributed by atoms with Crippen LogP contribution in [0.15, 0.2) is 66.7 Å². The summed E-state index contributed by atoms with van der Waals surface area (Å²) in [7, 11) is 0. The van der Waals surface area contributed by atoms with E-state index in [2.05, 4.69) is 47.4 Å². The number of amides is 1. The second kappa shape index (κ2) is 8.20. The average Bonchev–Trinajstić information content (AvgIpc) is 3.26. The van der Waals surface area contributed by atoms with Crippen LogP contribution in [0.4, 0.5) is 0 Å². The summed E-state index contributed by atoms with van der Waals surface area (Å²) >= 11 is 0. The van der Waals surface area contributed by atoms with Crippen LogP contribution >= 0.6 is 0 Å². The van der Waals surface area contributed by atoms with E-state index in [1.165, 1.54) is 16.3 Å². The van der Waals surface area contributed by atoms with Crippen molar-refractivity contribution in [3.8, 4) is 11.5 Å². The van der Waals surface area contributed by atoms with Crippen molar-refractivity contribution >= 4 is 22.8 Å². The summed E-state index contributed by atoms with van der Waals surface area (Å²) < 4.78 is 10.7. The van der Waals surface area contributed by atoms with E-state index in [0.29, 0.717) is 0 Å². The van der Waals surface area contributed by atoms with E-state index in [4.69, 9.17) is 9.47 Å². The molecule has 1 fully saturated rings. The van der Waals surface area contributed by atoms with E-state index in [-0.39, 0.29) is 12.7 Å². The van der Waals surface area contributed by atoms with E-state index < -0.39 is 0 Å². The van der Waals surface area contributed by atoms with Gasteiger partial charge in [-0.05, 0) is 40.1 Å². The third-order valence-corrected chi connectivity index (χ3v) is 5.77. The lowest BCUT2D eigenvalue weighted by Gasteiger charge is -2.34. The van der Waals surface area contributed by atoms with Crippen LogP contribution in [0.2, 0.25) is 0 Å². The van der Waals surface area contributed by atoms with Gasteiger partial charge in [0.2, 0.25) is 12.7 Å². The second-order valence-corrected chi connectivity index (χ2v) is 7.69. The van der Waals surface area contributed by atoms with Gasteiger partial charge in [-0.1, -0.05) is 48.5 Å². The Kier molecular flexibility index (Phi) is 5.11. The van der Waals surface area contributed by atoms with E-state index in [0.717, 1.165) is 49.8 Å². The highest BCUT2D eigenvalue weighted by Crippen LogP contribution is 2.32. The third-order valence-electron chi connectivity index (χ3n) is 5.77. The maximum Gasteiger partial charge on any atom is 0.246 e. The van der Waals surface area contributed by atoms with E-state index in [9.17, 15) is 4.79 Å². The predicted molar refractivity (Wildman–Crippen MR) is 117 cm³/mol. The zero-order chi connectivity index (χ0) is 20.3. The molecule has 152 valence electrons. The lowest BCUT2D eigenvalue weighted by Crippen LogP contribution is -2.47. The quantitative estimate of drug-likeness (QED) is 0.623. The number of carbonyl (C=O) groups is 1. The van der Waals surface area contributed by atoms with Gasteiger partial charge in [0.15, 0.2) is 11.5 Å². The number of ether oxygens (including phenoxy) is 2. The number of piperazine rings is 1. The predicted octanol–water partition coefficient (Wildman–Crippen LogP) is 3.93. The summed E-state index contributed by atoms with van der Waals surface area (Å²) in [5, 5.41) is 2.59. The minimum atomic E-state index is 0.0532. The Bertz CT molecular complexity index is 1100. The van der Waals surface area contributed by atoms with Crippen LogP contribution in [-0.4, -0.2) is 48.7 Å². The summed E-state index contributed by atoms with van der Waals surface area (Å²) in [5.41, 5.74) is 2.28. The number of carbonyl (C=O) groups excluding carboxylic acids is 1. The fourth-order valence-corrected chi connectivity index (χ4v) is 4.09. The Hall–Kier alpha value is -3.31. The molecule has 0 aromatic heterocycles. The molecular weight excluding hydrogens is 376 g/mol. The molecule has 2 aliphatic heterocycles. The minimum absolute atomic E-state index is 0.0532. The molecule has 0 unspecified atom stereocenters. The van der Waals surface area contributed by atoms with Gasteiger partial charge in [0.25, 0.3) is 0 Å². The van der Waals surface area contributed by atoms with Gasteiger partial charge in [-0.25, -0.2) is 0 Å².